The molecule has 0 bridgehead atoms. The van der Waals surface area contributed by atoms with Gasteiger partial charge in [0.2, 0.25) is 0 Å². The minimum atomic E-state index is -0.487. The smallest absolute Gasteiger partial charge is 0.271 e. The number of carbonyl (C=O) groups excluding carboxylic acids is 2. The molecule has 9 nitrogen and oxygen atoms in total. The average molecular weight is 411 g/mol. The number of benzene rings is 1. The second kappa shape index (κ2) is 8.81. The summed E-state index contributed by atoms with van der Waals surface area (Å²) >= 11 is 0. The molecule has 2 N–H and O–H groups in total. The summed E-state index contributed by atoms with van der Waals surface area (Å²) in [7, 11) is 1.50. The van der Waals surface area contributed by atoms with Crippen molar-refractivity contribution in [3.05, 3.63) is 47.8 Å². The number of nitrogens with one attached hydrogen (secondary N) is 2. The van der Waals surface area contributed by atoms with E-state index in [1.165, 1.54) is 13.3 Å². The summed E-state index contributed by atoms with van der Waals surface area (Å²) in [6.45, 7) is 7.80. The molecule has 0 saturated carbocycles. The van der Waals surface area contributed by atoms with Crippen LogP contribution in [-0.2, 0) is 0 Å². The molecule has 9 heteroatoms. The lowest BCUT2D eigenvalue weighted by Gasteiger charge is -2.14. The third-order valence-corrected chi connectivity index (χ3v) is 4.26. The number of hydrogen-bond donors (Lipinski definition) is 2. The van der Waals surface area contributed by atoms with Crippen LogP contribution in [0.1, 0.15) is 54.5 Å². The van der Waals surface area contributed by atoms with Crippen molar-refractivity contribution >= 4 is 22.8 Å². The number of ether oxygens (including phenoxy) is 2. The second-order valence-electron chi connectivity index (χ2n) is 7.26. The van der Waals surface area contributed by atoms with Crippen LogP contribution in [0.4, 0.5) is 0 Å². The Labute approximate surface area is 174 Å². The predicted molar refractivity (Wildman–Crippen MR) is 112 cm³/mol. The van der Waals surface area contributed by atoms with Gasteiger partial charge in [-0.05, 0) is 52.0 Å². The molecule has 3 rings (SSSR count). The van der Waals surface area contributed by atoms with Gasteiger partial charge in [-0.25, -0.2) is 9.67 Å². The van der Waals surface area contributed by atoms with Gasteiger partial charge < -0.3 is 9.47 Å². The molecule has 0 atom stereocenters. The molecule has 0 aliphatic carbocycles. The maximum Gasteiger partial charge on any atom is 0.271 e. The molecule has 0 radical (unpaired) electrons. The number of fused-ring (bicyclic) bond motifs is 1. The summed E-state index contributed by atoms with van der Waals surface area (Å²) < 4.78 is 12.7. The maximum atomic E-state index is 12.4. The van der Waals surface area contributed by atoms with Gasteiger partial charge in [0.15, 0.2) is 17.1 Å². The molecule has 2 aromatic heterocycles. The quantitative estimate of drug-likeness (QED) is 0.604. The predicted octanol–water partition coefficient (Wildman–Crippen LogP) is 2.88. The molecule has 0 saturated heterocycles. The highest BCUT2D eigenvalue weighted by Gasteiger charge is 2.15. The molecule has 30 heavy (non-hydrogen) atoms. The third kappa shape index (κ3) is 4.51. The molecule has 2 heterocycles. The molecule has 2 amide bonds. The molecule has 0 aliphatic heterocycles. The maximum absolute atomic E-state index is 12.4. The Morgan fingerprint density at radius 1 is 0.967 bits per heavy atom. The van der Waals surface area contributed by atoms with E-state index in [-0.39, 0.29) is 12.1 Å². The van der Waals surface area contributed by atoms with Gasteiger partial charge in [0, 0.05) is 23.2 Å². The van der Waals surface area contributed by atoms with Crippen molar-refractivity contribution in [2.45, 2.75) is 39.8 Å². The Bertz CT molecular complexity index is 1070. The standard InChI is InChI=1S/C21H25N5O4/c1-12(2)26-19-15(11-23-26)8-16(10-22-19)21(28)25-24-20(27)14-6-7-17(30-13(3)4)18(9-14)29-5/h6-13H,1-5H3,(H,24,27)(H,25,28). The summed E-state index contributed by atoms with van der Waals surface area (Å²) in [4.78, 5) is 29.2. The van der Waals surface area contributed by atoms with E-state index in [0.29, 0.717) is 28.3 Å². The Balaban J connectivity index is 1.68. The van der Waals surface area contributed by atoms with Crippen molar-refractivity contribution in [1.82, 2.24) is 25.6 Å². The Kier molecular flexibility index (Phi) is 6.20. The third-order valence-electron chi connectivity index (χ3n) is 4.26. The number of hydrogen-bond acceptors (Lipinski definition) is 6. The highest BCUT2D eigenvalue weighted by atomic mass is 16.5. The highest BCUT2D eigenvalue weighted by molar-refractivity contribution is 6.00. The second-order valence-corrected chi connectivity index (χ2v) is 7.26. The number of amides is 2. The normalized spacial score (nSPS) is 11.0. The number of carbonyl (C=O) groups is 2. The zero-order valence-electron chi connectivity index (χ0n) is 17.6. The molecular weight excluding hydrogens is 386 g/mol. The summed E-state index contributed by atoms with van der Waals surface area (Å²) in [6, 6.07) is 6.63. The van der Waals surface area contributed by atoms with Crippen LogP contribution in [0.15, 0.2) is 36.7 Å². The first-order valence-corrected chi connectivity index (χ1v) is 9.58. The van der Waals surface area contributed by atoms with Gasteiger partial charge in [-0.15, -0.1) is 0 Å². The monoisotopic (exact) mass is 411 g/mol. The van der Waals surface area contributed by atoms with Crippen LogP contribution in [0.5, 0.6) is 11.5 Å². The zero-order valence-corrected chi connectivity index (χ0v) is 17.6. The van der Waals surface area contributed by atoms with Gasteiger partial charge in [-0.1, -0.05) is 0 Å². The van der Waals surface area contributed by atoms with Crippen molar-refractivity contribution in [1.29, 1.82) is 0 Å². The lowest BCUT2D eigenvalue weighted by molar-refractivity contribution is 0.0846. The van der Waals surface area contributed by atoms with Crippen molar-refractivity contribution in [3.63, 3.8) is 0 Å². The average Bonchev–Trinajstić information content (AvgIpc) is 3.15. The van der Waals surface area contributed by atoms with E-state index in [2.05, 4.69) is 20.9 Å². The van der Waals surface area contributed by atoms with Crippen molar-refractivity contribution < 1.29 is 19.1 Å². The van der Waals surface area contributed by atoms with E-state index >= 15 is 0 Å². The van der Waals surface area contributed by atoms with Gasteiger partial charge in [0.1, 0.15) is 0 Å². The fourth-order valence-corrected chi connectivity index (χ4v) is 2.86. The molecule has 1 aromatic carbocycles. The summed E-state index contributed by atoms with van der Waals surface area (Å²) in [5.41, 5.74) is 6.12. The number of nitrogens with zero attached hydrogens (tertiary/aromatic N) is 3. The zero-order chi connectivity index (χ0) is 21.8. The molecular formula is C21H25N5O4. The number of aromatic nitrogens is 3. The van der Waals surface area contributed by atoms with Crippen LogP contribution in [-0.4, -0.2) is 39.8 Å². The van der Waals surface area contributed by atoms with Crippen LogP contribution in [0, 0.1) is 0 Å². The van der Waals surface area contributed by atoms with Crippen molar-refractivity contribution in [2.75, 3.05) is 7.11 Å². The summed E-state index contributed by atoms with van der Waals surface area (Å²) in [5, 5.41) is 5.02. The van der Waals surface area contributed by atoms with Gasteiger partial charge >= 0.3 is 0 Å². The van der Waals surface area contributed by atoms with Gasteiger partial charge in [0.25, 0.3) is 11.8 Å². The van der Waals surface area contributed by atoms with E-state index in [1.807, 2.05) is 27.7 Å². The Morgan fingerprint density at radius 3 is 2.30 bits per heavy atom. The van der Waals surface area contributed by atoms with Crippen LogP contribution in [0.3, 0.4) is 0 Å². The largest absolute Gasteiger partial charge is 0.493 e. The van der Waals surface area contributed by atoms with E-state index in [1.54, 1.807) is 35.1 Å². The van der Waals surface area contributed by atoms with Gasteiger partial charge in [-0.2, -0.15) is 5.10 Å². The molecule has 0 spiro atoms. The van der Waals surface area contributed by atoms with E-state index in [4.69, 9.17) is 9.47 Å². The first kappa shape index (κ1) is 21.1. The lowest BCUT2D eigenvalue weighted by atomic mass is 10.2. The fraction of sp³-hybridized carbons (Fsp3) is 0.333. The topological polar surface area (TPSA) is 107 Å². The fourth-order valence-electron chi connectivity index (χ4n) is 2.86. The first-order valence-electron chi connectivity index (χ1n) is 9.58. The lowest BCUT2D eigenvalue weighted by Crippen LogP contribution is -2.41. The van der Waals surface area contributed by atoms with Crippen molar-refractivity contribution in [2.24, 2.45) is 0 Å². The van der Waals surface area contributed by atoms with Crippen LogP contribution < -0.4 is 20.3 Å². The first-order chi connectivity index (χ1) is 14.3. The van der Waals surface area contributed by atoms with E-state index < -0.39 is 11.8 Å². The molecule has 3 aromatic rings. The Morgan fingerprint density at radius 2 is 1.67 bits per heavy atom. The molecule has 0 unspecified atom stereocenters. The molecule has 0 fully saturated rings. The van der Waals surface area contributed by atoms with Crippen molar-refractivity contribution in [3.8, 4) is 11.5 Å². The van der Waals surface area contributed by atoms with E-state index in [0.717, 1.165) is 5.39 Å². The van der Waals surface area contributed by atoms with Gasteiger partial charge in [-0.3, -0.25) is 20.4 Å². The summed E-state index contributed by atoms with van der Waals surface area (Å²) in [5.74, 6) is -0.00455. The number of rotatable bonds is 6. The van der Waals surface area contributed by atoms with Crippen LogP contribution in [0.2, 0.25) is 0 Å². The van der Waals surface area contributed by atoms with Gasteiger partial charge in [0.05, 0.1) is 25.0 Å². The number of pyridine rings is 1. The van der Waals surface area contributed by atoms with E-state index in [9.17, 15) is 9.59 Å². The minimum Gasteiger partial charge on any atom is -0.493 e. The highest BCUT2D eigenvalue weighted by Crippen LogP contribution is 2.28. The number of methoxy groups -OCH3 is 1. The summed E-state index contributed by atoms with van der Waals surface area (Å²) in [6.07, 6.45) is 3.08. The number of hydrazine groups is 1. The van der Waals surface area contributed by atoms with Crippen LogP contribution >= 0.6 is 0 Å². The molecule has 0 aliphatic rings. The Hall–Kier alpha value is -3.62. The van der Waals surface area contributed by atoms with Crippen LogP contribution in [0.25, 0.3) is 11.0 Å². The SMILES string of the molecule is COc1cc(C(=O)NNC(=O)c2cnc3c(cnn3C(C)C)c2)ccc1OC(C)C. The molecule has 158 valence electrons. The minimum absolute atomic E-state index is 0.0311.